The Morgan fingerprint density at radius 1 is 1.62 bits per heavy atom. The minimum absolute atomic E-state index is 0.0303. The van der Waals surface area contributed by atoms with Gasteiger partial charge >= 0.3 is 0 Å². The highest BCUT2D eigenvalue weighted by Crippen LogP contribution is 2.28. The topological polar surface area (TPSA) is 53.1 Å². The molecule has 4 heteroatoms. The van der Waals surface area contributed by atoms with E-state index in [1.807, 2.05) is 24.0 Å². The van der Waals surface area contributed by atoms with E-state index in [0.29, 0.717) is 0 Å². The maximum atomic E-state index is 6.25. The second-order valence-corrected chi connectivity index (χ2v) is 4.91. The molecule has 0 amide bonds. The van der Waals surface area contributed by atoms with Crippen LogP contribution in [0.2, 0.25) is 0 Å². The van der Waals surface area contributed by atoms with Crippen LogP contribution >= 0.6 is 0 Å². The van der Waals surface area contributed by atoms with E-state index in [9.17, 15) is 0 Å². The van der Waals surface area contributed by atoms with Crippen LogP contribution in [0.15, 0.2) is 12.3 Å². The Morgan fingerprint density at radius 3 is 3.00 bits per heavy atom. The largest absolute Gasteiger partial charge is 0.374 e. The number of aromatic nitrogens is 2. The molecule has 0 radical (unpaired) electrons. The fraction of sp³-hybridized carbons (Fsp3) is 0.750. The summed E-state index contributed by atoms with van der Waals surface area (Å²) in [6, 6.07) is 2.05. The molecule has 1 aromatic rings. The van der Waals surface area contributed by atoms with Gasteiger partial charge in [-0.1, -0.05) is 0 Å². The van der Waals surface area contributed by atoms with Crippen molar-refractivity contribution in [3.63, 3.8) is 0 Å². The first-order valence-corrected chi connectivity index (χ1v) is 5.98. The Bertz CT molecular complexity index is 342. The van der Waals surface area contributed by atoms with Gasteiger partial charge < -0.3 is 10.5 Å². The van der Waals surface area contributed by atoms with Crippen molar-refractivity contribution >= 4 is 0 Å². The summed E-state index contributed by atoms with van der Waals surface area (Å²) in [5.74, 6) is 0. The molecule has 1 aliphatic heterocycles. The van der Waals surface area contributed by atoms with E-state index in [1.54, 1.807) is 0 Å². The van der Waals surface area contributed by atoms with Gasteiger partial charge in [-0.15, -0.1) is 0 Å². The van der Waals surface area contributed by atoms with Crippen LogP contribution in [0.1, 0.15) is 31.9 Å². The lowest BCUT2D eigenvalue weighted by atomic mass is 9.86. The van der Waals surface area contributed by atoms with Gasteiger partial charge in [0.2, 0.25) is 0 Å². The number of ether oxygens (including phenoxy) is 1. The monoisotopic (exact) mass is 223 g/mol. The van der Waals surface area contributed by atoms with E-state index in [-0.39, 0.29) is 11.6 Å². The van der Waals surface area contributed by atoms with Gasteiger partial charge in [0.25, 0.3) is 0 Å². The molecule has 1 fully saturated rings. The van der Waals surface area contributed by atoms with E-state index in [1.165, 1.54) is 6.42 Å². The van der Waals surface area contributed by atoms with Gasteiger partial charge in [-0.3, -0.25) is 4.68 Å². The summed E-state index contributed by atoms with van der Waals surface area (Å²) in [5.41, 5.74) is 7.13. The fourth-order valence-corrected chi connectivity index (χ4v) is 2.26. The molecular weight excluding hydrogens is 202 g/mol. The van der Waals surface area contributed by atoms with Crippen molar-refractivity contribution in [2.75, 3.05) is 6.61 Å². The van der Waals surface area contributed by atoms with Crippen molar-refractivity contribution in [2.45, 2.75) is 44.2 Å². The highest BCUT2D eigenvalue weighted by molar-refractivity contribution is 5.04. The van der Waals surface area contributed by atoms with Crippen molar-refractivity contribution in [2.24, 2.45) is 12.8 Å². The van der Waals surface area contributed by atoms with Crippen LogP contribution in [0.5, 0.6) is 0 Å². The first kappa shape index (κ1) is 11.6. The van der Waals surface area contributed by atoms with Gasteiger partial charge in [-0.05, 0) is 32.3 Å². The molecule has 16 heavy (non-hydrogen) atoms. The third kappa shape index (κ3) is 2.44. The molecule has 0 aliphatic carbocycles. The fourth-order valence-electron chi connectivity index (χ4n) is 2.26. The second-order valence-electron chi connectivity index (χ2n) is 4.91. The molecule has 2 rings (SSSR count). The number of hydrogen-bond acceptors (Lipinski definition) is 3. The van der Waals surface area contributed by atoms with E-state index in [0.717, 1.165) is 31.6 Å². The summed E-state index contributed by atoms with van der Waals surface area (Å²) >= 11 is 0. The normalized spacial score (nSPS) is 27.9. The van der Waals surface area contributed by atoms with E-state index < -0.39 is 0 Å². The van der Waals surface area contributed by atoms with Gasteiger partial charge in [-0.2, -0.15) is 5.10 Å². The molecule has 2 atom stereocenters. The molecule has 1 aliphatic rings. The summed E-state index contributed by atoms with van der Waals surface area (Å²) in [4.78, 5) is 0. The second kappa shape index (κ2) is 4.55. The lowest BCUT2D eigenvalue weighted by Gasteiger charge is -2.38. The highest BCUT2D eigenvalue weighted by atomic mass is 16.5. The number of hydrogen-bond donors (Lipinski definition) is 1. The van der Waals surface area contributed by atoms with Crippen LogP contribution in [-0.2, 0) is 18.2 Å². The van der Waals surface area contributed by atoms with Crippen molar-refractivity contribution in [3.05, 3.63) is 18.0 Å². The summed E-state index contributed by atoms with van der Waals surface area (Å²) in [6.45, 7) is 2.96. The Kier molecular flexibility index (Phi) is 3.30. The lowest BCUT2D eigenvalue weighted by Crippen LogP contribution is -2.50. The van der Waals surface area contributed by atoms with Crippen LogP contribution in [0, 0.1) is 0 Å². The third-order valence-corrected chi connectivity index (χ3v) is 3.48. The van der Waals surface area contributed by atoms with Crippen molar-refractivity contribution in [1.29, 1.82) is 0 Å². The summed E-state index contributed by atoms with van der Waals surface area (Å²) in [6.07, 6.45) is 6.17. The SMILES string of the molecule is Cn1ccc(CC(N)C2(C)CCCCO2)n1. The van der Waals surface area contributed by atoms with E-state index >= 15 is 0 Å². The average Bonchev–Trinajstić information content (AvgIpc) is 2.65. The Morgan fingerprint density at radius 2 is 2.44 bits per heavy atom. The quantitative estimate of drug-likeness (QED) is 0.839. The number of nitrogens with two attached hydrogens (primary N) is 1. The number of aryl methyl sites for hydroxylation is 1. The van der Waals surface area contributed by atoms with Gasteiger partial charge in [0.1, 0.15) is 0 Å². The Hall–Kier alpha value is -0.870. The van der Waals surface area contributed by atoms with Crippen LogP contribution in [-0.4, -0.2) is 28.0 Å². The van der Waals surface area contributed by atoms with Crippen LogP contribution in [0.4, 0.5) is 0 Å². The van der Waals surface area contributed by atoms with E-state index in [4.69, 9.17) is 10.5 Å². The first-order chi connectivity index (χ1) is 7.60. The Balaban J connectivity index is 1.98. The third-order valence-electron chi connectivity index (χ3n) is 3.48. The van der Waals surface area contributed by atoms with Gasteiger partial charge in [0, 0.05) is 32.3 Å². The molecule has 0 bridgehead atoms. The van der Waals surface area contributed by atoms with Gasteiger partial charge in [0.05, 0.1) is 11.3 Å². The smallest absolute Gasteiger partial charge is 0.0808 e. The molecular formula is C12H21N3O. The van der Waals surface area contributed by atoms with Crippen molar-refractivity contribution in [3.8, 4) is 0 Å². The molecule has 4 nitrogen and oxygen atoms in total. The molecule has 0 saturated carbocycles. The maximum absolute atomic E-state index is 6.25. The molecule has 0 aromatic carbocycles. The first-order valence-electron chi connectivity index (χ1n) is 5.98. The van der Waals surface area contributed by atoms with Gasteiger partial charge in [0.15, 0.2) is 0 Å². The minimum Gasteiger partial charge on any atom is -0.374 e. The molecule has 90 valence electrons. The number of nitrogens with zero attached hydrogens (tertiary/aromatic N) is 2. The molecule has 0 spiro atoms. The minimum atomic E-state index is -0.171. The predicted octanol–water partition coefficient (Wildman–Crippen LogP) is 1.25. The summed E-state index contributed by atoms with van der Waals surface area (Å²) in [5, 5.41) is 4.36. The Labute approximate surface area is 96.8 Å². The molecule has 2 heterocycles. The molecule has 2 unspecified atom stereocenters. The van der Waals surface area contributed by atoms with E-state index in [2.05, 4.69) is 12.0 Å². The molecule has 2 N–H and O–H groups in total. The number of rotatable bonds is 3. The molecule has 1 aromatic heterocycles. The standard InChI is InChI=1S/C12H21N3O/c1-12(6-3-4-8-16-12)11(13)9-10-5-7-15(2)14-10/h5,7,11H,3-4,6,8-9,13H2,1-2H3. The summed E-state index contributed by atoms with van der Waals surface area (Å²) < 4.78 is 7.66. The van der Waals surface area contributed by atoms with Crippen molar-refractivity contribution < 1.29 is 4.74 Å². The summed E-state index contributed by atoms with van der Waals surface area (Å²) in [7, 11) is 1.92. The zero-order chi connectivity index (χ0) is 11.6. The zero-order valence-electron chi connectivity index (χ0n) is 10.1. The van der Waals surface area contributed by atoms with Crippen LogP contribution in [0.3, 0.4) is 0 Å². The average molecular weight is 223 g/mol. The van der Waals surface area contributed by atoms with Crippen LogP contribution in [0.25, 0.3) is 0 Å². The predicted molar refractivity (Wildman–Crippen MR) is 63.1 cm³/mol. The van der Waals surface area contributed by atoms with Gasteiger partial charge in [-0.25, -0.2) is 0 Å². The molecule has 1 saturated heterocycles. The van der Waals surface area contributed by atoms with Crippen LogP contribution < -0.4 is 5.73 Å². The lowest BCUT2D eigenvalue weighted by molar-refractivity contribution is -0.0810. The van der Waals surface area contributed by atoms with Crippen molar-refractivity contribution in [1.82, 2.24) is 9.78 Å². The highest BCUT2D eigenvalue weighted by Gasteiger charge is 2.34. The zero-order valence-corrected chi connectivity index (χ0v) is 10.1. The maximum Gasteiger partial charge on any atom is 0.0808 e.